The number of rotatable bonds is 4. The second-order valence-electron chi connectivity index (χ2n) is 5.12. The molecule has 0 spiro atoms. The van der Waals surface area contributed by atoms with Gasteiger partial charge in [-0.1, -0.05) is 36.8 Å². The maximum absolute atomic E-state index is 3.52. The van der Waals surface area contributed by atoms with Gasteiger partial charge < -0.3 is 5.32 Å². The van der Waals surface area contributed by atoms with Crippen molar-refractivity contribution in [2.45, 2.75) is 45.1 Å². The third-order valence-corrected chi connectivity index (χ3v) is 3.65. The molecule has 0 aliphatic carbocycles. The Balaban J connectivity index is 1.68. The minimum absolute atomic E-state index is 0.732. The van der Waals surface area contributed by atoms with Crippen molar-refractivity contribution < 1.29 is 0 Å². The lowest BCUT2D eigenvalue weighted by molar-refractivity contribution is 0.296. The van der Waals surface area contributed by atoms with Crippen molar-refractivity contribution in [1.82, 2.24) is 5.32 Å². The minimum atomic E-state index is 0.732. The average Bonchev–Trinajstić information content (AvgIpc) is 2.30. The van der Waals surface area contributed by atoms with Crippen molar-refractivity contribution in [3.05, 3.63) is 35.9 Å². The number of hydrogen-bond donors (Lipinski definition) is 1. The van der Waals surface area contributed by atoms with Gasteiger partial charge in [0.25, 0.3) is 0 Å². The van der Waals surface area contributed by atoms with Crippen molar-refractivity contribution in [2.75, 3.05) is 6.54 Å². The Morgan fingerprint density at radius 2 is 2.06 bits per heavy atom. The highest BCUT2D eigenvalue weighted by molar-refractivity contribution is 5.14. The van der Waals surface area contributed by atoms with Crippen LogP contribution in [0.3, 0.4) is 0 Å². The van der Waals surface area contributed by atoms with Gasteiger partial charge in [0, 0.05) is 6.04 Å². The summed E-state index contributed by atoms with van der Waals surface area (Å²) in [5, 5.41) is 3.52. The van der Waals surface area contributed by atoms with Gasteiger partial charge in [-0.15, -0.1) is 0 Å². The third kappa shape index (κ3) is 3.64. The van der Waals surface area contributed by atoms with Crippen molar-refractivity contribution in [3.8, 4) is 0 Å². The lowest BCUT2D eigenvalue weighted by Gasteiger charge is -2.27. The molecule has 0 amide bonds. The van der Waals surface area contributed by atoms with Crippen LogP contribution < -0.4 is 5.32 Å². The van der Waals surface area contributed by atoms with Crippen LogP contribution in [0.1, 0.15) is 38.2 Å². The Morgan fingerprint density at radius 3 is 2.81 bits per heavy atom. The molecule has 1 aliphatic heterocycles. The molecular formula is C15H23N. The monoisotopic (exact) mass is 217 g/mol. The van der Waals surface area contributed by atoms with E-state index >= 15 is 0 Å². The molecule has 1 fully saturated rings. The Kier molecular flexibility index (Phi) is 4.41. The molecule has 2 atom stereocenters. The van der Waals surface area contributed by atoms with Crippen LogP contribution in [0.4, 0.5) is 0 Å². The molecule has 1 aromatic carbocycles. The molecule has 1 heterocycles. The van der Waals surface area contributed by atoms with E-state index in [0.717, 1.165) is 12.0 Å². The number of aryl methyl sites for hydroxylation is 1. The van der Waals surface area contributed by atoms with E-state index in [2.05, 4.69) is 42.6 Å². The highest BCUT2D eigenvalue weighted by Gasteiger charge is 2.17. The standard InChI is InChI=1S/C15H23N/c1-13-12-15(10-11-16-13)9-5-8-14-6-3-2-4-7-14/h2-4,6-7,13,15-16H,5,8-12H2,1H3. The van der Waals surface area contributed by atoms with Gasteiger partial charge in [-0.05, 0) is 50.6 Å². The first-order chi connectivity index (χ1) is 7.84. The Hall–Kier alpha value is -0.820. The van der Waals surface area contributed by atoms with Crippen molar-refractivity contribution in [3.63, 3.8) is 0 Å². The van der Waals surface area contributed by atoms with E-state index in [4.69, 9.17) is 0 Å². The van der Waals surface area contributed by atoms with Gasteiger partial charge in [-0.25, -0.2) is 0 Å². The number of benzene rings is 1. The summed E-state index contributed by atoms with van der Waals surface area (Å²) in [6.45, 7) is 3.53. The summed E-state index contributed by atoms with van der Waals surface area (Å²) >= 11 is 0. The molecule has 1 aromatic rings. The summed E-state index contributed by atoms with van der Waals surface area (Å²) in [4.78, 5) is 0. The summed E-state index contributed by atoms with van der Waals surface area (Å²) in [7, 11) is 0. The van der Waals surface area contributed by atoms with Crippen LogP contribution in [0.2, 0.25) is 0 Å². The predicted molar refractivity (Wildman–Crippen MR) is 69.6 cm³/mol. The van der Waals surface area contributed by atoms with Crippen molar-refractivity contribution >= 4 is 0 Å². The van der Waals surface area contributed by atoms with E-state index in [1.807, 2.05) is 0 Å². The molecule has 1 saturated heterocycles. The molecule has 0 saturated carbocycles. The van der Waals surface area contributed by atoms with E-state index in [9.17, 15) is 0 Å². The molecule has 2 rings (SSSR count). The van der Waals surface area contributed by atoms with Crippen LogP contribution in [0.15, 0.2) is 30.3 Å². The summed E-state index contributed by atoms with van der Waals surface area (Å²) in [6, 6.07) is 11.6. The fourth-order valence-electron chi connectivity index (χ4n) is 2.74. The first-order valence-electron chi connectivity index (χ1n) is 6.62. The normalized spacial score (nSPS) is 25.6. The molecule has 88 valence electrons. The molecule has 1 aliphatic rings. The van der Waals surface area contributed by atoms with E-state index in [0.29, 0.717) is 0 Å². The number of nitrogens with one attached hydrogen (secondary N) is 1. The SMILES string of the molecule is CC1CC(CCCc2ccccc2)CCN1. The first-order valence-corrected chi connectivity index (χ1v) is 6.62. The van der Waals surface area contributed by atoms with Crippen molar-refractivity contribution in [2.24, 2.45) is 5.92 Å². The second kappa shape index (κ2) is 6.05. The van der Waals surface area contributed by atoms with E-state index in [-0.39, 0.29) is 0 Å². The van der Waals surface area contributed by atoms with Gasteiger partial charge in [0.05, 0.1) is 0 Å². The third-order valence-electron chi connectivity index (χ3n) is 3.65. The van der Waals surface area contributed by atoms with Gasteiger partial charge >= 0.3 is 0 Å². The lowest BCUT2D eigenvalue weighted by atomic mass is 9.88. The number of hydrogen-bond acceptors (Lipinski definition) is 1. The zero-order chi connectivity index (χ0) is 11.2. The van der Waals surface area contributed by atoms with Crippen molar-refractivity contribution in [1.29, 1.82) is 0 Å². The Bertz CT molecular complexity index is 294. The molecular weight excluding hydrogens is 194 g/mol. The smallest absolute Gasteiger partial charge is 0.00413 e. The molecule has 0 aromatic heterocycles. The predicted octanol–water partition coefficient (Wildman–Crippen LogP) is 3.40. The van der Waals surface area contributed by atoms with Crippen LogP contribution >= 0.6 is 0 Å². The van der Waals surface area contributed by atoms with Crippen LogP contribution in [0, 0.1) is 5.92 Å². The van der Waals surface area contributed by atoms with E-state index in [1.165, 1.54) is 44.2 Å². The zero-order valence-corrected chi connectivity index (χ0v) is 10.3. The summed E-state index contributed by atoms with van der Waals surface area (Å²) in [5.41, 5.74) is 1.49. The largest absolute Gasteiger partial charge is 0.314 e. The maximum Gasteiger partial charge on any atom is 0.00413 e. The highest BCUT2D eigenvalue weighted by Crippen LogP contribution is 2.22. The van der Waals surface area contributed by atoms with Gasteiger partial charge in [0.2, 0.25) is 0 Å². The molecule has 1 nitrogen and oxygen atoms in total. The summed E-state index contributed by atoms with van der Waals surface area (Å²) < 4.78 is 0. The quantitative estimate of drug-likeness (QED) is 0.815. The van der Waals surface area contributed by atoms with Crippen LogP contribution in [-0.2, 0) is 6.42 Å². The van der Waals surface area contributed by atoms with Gasteiger partial charge in [0.15, 0.2) is 0 Å². The summed E-state index contributed by atoms with van der Waals surface area (Å²) in [6.07, 6.45) is 6.75. The minimum Gasteiger partial charge on any atom is -0.314 e. The molecule has 16 heavy (non-hydrogen) atoms. The van der Waals surface area contributed by atoms with E-state index in [1.54, 1.807) is 0 Å². The average molecular weight is 217 g/mol. The zero-order valence-electron chi connectivity index (χ0n) is 10.3. The molecule has 1 N–H and O–H groups in total. The second-order valence-corrected chi connectivity index (χ2v) is 5.12. The van der Waals surface area contributed by atoms with Crippen LogP contribution in [-0.4, -0.2) is 12.6 Å². The van der Waals surface area contributed by atoms with Gasteiger partial charge in [0.1, 0.15) is 0 Å². The van der Waals surface area contributed by atoms with Gasteiger partial charge in [-0.3, -0.25) is 0 Å². The van der Waals surface area contributed by atoms with Crippen LogP contribution in [0.5, 0.6) is 0 Å². The lowest BCUT2D eigenvalue weighted by Crippen LogP contribution is -2.35. The highest BCUT2D eigenvalue weighted by atomic mass is 14.9. The fraction of sp³-hybridized carbons (Fsp3) is 0.600. The Labute approximate surface area is 99.3 Å². The summed E-state index contributed by atoms with van der Waals surface area (Å²) in [5.74, 6) is 0.958. The first kappa shape index (κ1) is 11.7. The molecule has 1 heteroatoms. The van der Waals surface area contributed by atoms with Crippen LogP contribution in [0.25, 0.3) is 0 Å². The molecule has 0 bridgehead atoms. The Morgan fingerprint density at radius 1 is 1.25 bits per heavy atom. The van der Waals surface area contributed by atoms with E-state index < -0.39 is 0 Å². The topological polar surface area (TPSA) is 12.0 Å². The maximum atomic E-state index is 3.52. The molecule has 0 radical (unpaired) electrons. The van der Waals surface area contributed by atoms with Gasteiger partial charge in [-0.2, -0.15) is 0 Å². The number of piperidine rings is 1. The molecule has 2 unspecified atom stereocenters. The fourth-order valence-corrected chi connectivity index (χ4v) is 2.74.